The Bertz CT molecular complexity index is 1010. The van der Waals surface area contributed by atoms with E-state index in [0.717, 1.165) is 23.2 Å². The first kappa shape index (κ1) is 18.7. The molecule has 0 saturated heterocycles. The molecule has 1 aromatic heterocycles. The molecule has 0 bridgehead atoms. The normalized spacial score (nSPS) is 17.5. The topological polar surface area (TPSA) is 53.2 Å². The summed E-state index contributed by atoms with van der Waals surface area (Å²) in [6, 6.07) is 15.9. The summed E-state index contributed by atoms with van der Waals surface area (Å²) in [4.78, 5) is 3.49. The van der Waals surface area contributed by atoms with Crippen molar-refractivity contribution in [3.63, 3.8) is 0 Å². The molecule has 4 rings (SSSR count). The highest BCUT2D eigenvalue weighted by atomic mass is 32.2. The number of nitrogens with zero attached hydrogens (tertiary/aromatic N) is 1. The van der Waals surface area contributed by atoms with Gasteiger partial charge >= 0.3 is 0 Å². The Balaban J connectivity index is 0.000000948. The zero-order valence-electron chi connectivity index (χ0n) is 15.8. The number of hydrogen-bond donors (Lipinski definition) is 1. The van der Waals surface area contributed by atoms with Gasteiger partial charge in [-0.1, -0.05) is 55.8 Å². The first-order valence-electron chi connectivity index (χ1n) is 9.08. The maximum Gasteiger partial charge on any atom is 0.212 e. The van der Waals surface area contributed by atoms with Gasteiger partial charge < -0.3 is 4.98 Å². The summed E-state index contributed by atoms with van der Waals surface area (Å²) in [7, 11) is -3.30. The van der Waals surface area contributed by atoms with E-state index in [4.69, 9.17) is 0 Å². The van der Waals surface area contributed by atoms with Crippen molar-refractivity contribution in [2.24, 2.45) is 0 Å². The lowest BCUT2D eigenvalue weighted by Crippen LogP contribution is -2.39. The van der Waals surface area contributed by atoms with E-state index in [1.807, 2.05) is 44.2 Å². The molecule has 0 radical (unpaired) electrons. The predicted molar refractivity (Wildman–Crippen MR) is 108 cm³/mol. The molecular weight excluding hydrogens is 344 g/mol. The van der Waals surface area contributed by atoms with Crippen LogP contribution in [-0.4, -0.2) is 30.5 Å². The van der Waals surface area contributed by atoms with Gasteiger partial charge in [0.05, 0.1) is 12.3 Å². The molecule has 2 aromatic carbocycles. The second-order valence-electron chi connectivity index (χ2n) is 6.50. The van der Waals surface area contributed by atoms with Crippen LogP contribution in [-0.2, 0) is 16.4 Å². The summed E-state index contributed by atoms with van der Waals surface area (Å²) in [6.07, 6.45) is 2.02. The Morgan fingerprint density at radius 3 is 2.42 bits per heavy atom. The zero-order chi connectivity index (χ0) is 18.9. The van der Waals surface area contributed by atoms with Gasteiger partial charge in [0, 0.05) is 23.1 Å². The van der Waals surface area contributed by atoms with Crippen molar-refractivity contribution in [3.8, 4) is 0 Å². The molecule has 0 spiro atoms. The van der Waals surface area contributed by atoms with Crippen LogP contribution >= 0.6 is 0 Å². The van der Waals surface area contributed by atoms with Crippen LogP contribution in [0.3, 0.4) is 0 Å². The number of aryl methyl sites for hydroxylation is 1. The van der Waals surface area contributed by atoms with E-state index >= 15 is 0 Å². The third-order valence-corrected chi connectivity index (χ3v) is 6.02. The third kappa shape index (κ3) is 3.29. The lowest BCUT2D eigenvalue weighted by molar-refractivity contribution is 0.343. The number of nitrogens with one attached hydrogen (secondary N) is 1. The van der Waals surface area contributed by atoms with Crippen molar-refractivity contribution in [2.45, 2.75) is 33.2 Å². The minimum Gasteiger partial charge on any atom is -0.357 e. The number of H-pyrrole nitrogens is 1. The largest absolute Gasteiger partial charge is 0.357 e. The van der Waals surface area contributed by atoms with Crippen LogP contribution in [0.15, 0.2) is 48.5 Å². The van der Waals surface area contributed by atoms with Gasteiger partial charge in [0.1, 0.15) is 0 Å². The summed E-state index contributed by atoms with van der Waals surface area (Å²) in [5, 5.41) is 1.21. The number of sulfonamides is 1. The SMILES string of the molecule is CC.Cc1ccc2[nH]c3c(c2c1)CCN(S(C)(=O)=O)C3c1ccccc1. The molecule has 0 fully saturated rings. The van der Waals surface area contributed by atoms with Crippen molar-refractivity contribution >= 4 is 20.9 Å². The van der Waals surface area contributed by atoms with Crippen LogP contribution in [0.4, 0.5) is 0 Å². The summed E-state index contributed by atoms with van der Waals surface area (Å²) >= 11 is 0. The molecule has 5 heteroatoms. The fourth-order valence-electron chi connectivity index (χ4n) is 3.71. The second kappa shape index (κ2) is 7.25. The molecule has 26 heavy (non-hydrogen) atoms. The smallest absolute Gasteiger partial charge is 0.212 e. The summed E-state index contributed by atoms with van der Waals surface area (Å²) in [5.41, 5.74) is 5.51. The molecule has 1 aliphatic heterocycles. The van der Waals surface area contributed by atoms with Gasteiger partial charge in [-0.3, -0.25) is 0 Å². The second-order valence-corrected chi connectivity index (χ2v) is 8.44. The monoisotopic (exact) mass is 370 g/mol. The molecule has 1 atom stereocenters. The van der Waals surface area contributed by atoms with Gasteiger partial charge in [-0.15, -0.1) is 0 Å². The molecule has 0 saturated carbocycles. The molecule has 1 aliphatic rings. The van der Waals surface area contributed by atoms with Crippen LogP contribution in [0.5, 0.6) is 0 Å². The Labute approximate surface area is 155 Å². The zero-order valence-corrected chi connectivity index (χ0v) is 16.6. The molecular formula is C21H26N2O2S. The Morgan fingerprint density at radius 2 is 1.77 bits per heavy atom. The van der Waals surface area contributed by atoms with Gasteiger partial charge in [-0.2, -0.15) is 4.31 Å². The van der Waals surface area contributed by atoms with E-state index in [1.165, 1.54) is 22.8 Å². The van der Waals surface area contributed by atoms with Crippen molar-refractivity contribution < 1.29 is 8.42 Å². The lowest BCUT2D eigenvalue weighted by Gasteiger charge is -2.34. The van der Waals surface area contributed by atoms with Gasteiger partial charge in [0.15, 0.2) is 0 Å². The van der Waals surface area contributed by atoms with E-state index in [-0.39, 0.29) is 6.04 Å². The average Bonchev–Trinajstić information content (AvgIpc) is 3.00. The van der Waals surface area contributed by atoms with Gasteiger partial charge in [-0.05, 0) is 36.6 Å². The van der Waals surface area contributed by atoms with Crippen LogP contribution in [0.1, 0.15) is 42.3 Å². The van der Waals surface area contributed by atoms with E-state index in [1.54, 1.807) is 4.31 Å². The average molecular weight is 371 g/mol. The lowest BCUT2D eigenvalue weighted by atomic mass is 9.94. The van der Waals surface area contributed by atoms with Crippen molar-refractivity contribution in [3.05, 3.63) is 70.9 Å². The van der Waals surface area contributed by atoms with Gasteiger partial charge in [0.25, 0.3) is 0 Å². The van der Waals surface area contributed by atoms with Gasteiger partial charge in [-0.25, -0.2) is 8.42 Å². The Kier molecular flexibility index (Phi) is 5.21. The fraction of sp³-hybridized carbons (Fsp3) is 0.333. The molecule has 4 nitrogen and oxygen atoms in total. The number of fused-ring (bicyclic) bond motifs is 3. The van der Waals surface area contributed by atoms with E-state index in [0.29, 0.717) is 6.54 Å². The van der Waals surface area contributed by atoms with Crippen molar-refractivity contribution in [1.29, 1.82) is 0 Å². The van der Waals surface area contributed by atoms with Crippen LogP contribution in [0.25, 0.3) is 10.9 Å². The van der Waals surface area contributed by atoms with Gasteiger partial charge in [0.2, 0.25) is 10.0 Å². The molecule has 0 amide bonds. The minimum absolute atomic E-state index is 0.294. The molecule has 0 aliphatic carbocycles. The van der Waals surface area contributed by atoms with Crippen molar-refractivity contribution in [1.82, 2.24) is 9.29 Å². The Hall–Kier alpha value is -2.11. The molecule has 1 unspecified atom stereocenters. The maximum atomic E-state index is 12.4. The summed E-state index contributed by atoms with van der Waals surface area (Å²) < 4.78 is 26.3. The van der Waals surface area contributed by atoms with Crippen LogP contribution in [0, 0.1) is 6.92 Å². The highest BCUT2D eigenvalue weighted by molar-refractivity contribution is 7.88. The Morgan fingerprint density at radius 1 is 1.08 bits per heavy atom. The minimum atomic E-state index is -3.30. The highest BCUT2D eigenvalue weighted by Gasteiger charge is 2.36. The number of aromatic nitrogens is 1. The number of hydrogen-bond acceptors (Lipinski definition) is 2. The van der Waals surface area contributed by atoms with E-state index < -0.39 is 10.0 Å². The summed E-state index contributed by atoms with van der Waals surface area (Å²) in [6.45, 7) is 6.59. The first-order valence-corrected chi connectivity index (χ1v) is 10.9. The predicted octanol–water partition coefficient (Wildman–Crippen LogP) is 4.41. The maximum absolute atomic E-state index is 12.4. The number of aromatic amines is 1. The fourth-order valence-corrected chi connectivity index (χ4v) is 4.74. The van der Waals surface area contributed by atoms with Crippen LogP contribution in [0.2, 0.25) is 0 Å². The van der Waals surface area contributed by atoms with E-state index in [9.17, 15) is 8.42 Å². The number of rotatable bonds is 2. The standard InChI is InChI=1S/C19H20N2O2S.C2H6/c1-13-8-9-17-16(12-13)15-10-11-21(24(2,22)23)19(18(15)20-17)14-6-4-3-5-7-14;1-2/h3-9,12,19-20H,10-11H2,1-2H3;1-2H3. The first-order chi connectivity index (χ1) is 12.4. The van der Waals surface area contributed by atoms with E-state index in [2.05, 4.69) is 30.1 Å². The molecule has 1 N–H and O–H groups in total. The third-order valence-electron chi connectivity index (χ3n) is 4.78. The quantitative estimate of drug-likeness (QED) is 0.726. The number of benzene rings is 2. The molecule has 2 heterocycles. The molecule has 3 aromatic rings. The van der Waals surface area contributed by atoms with Crippen molar-refractivity contribution in [2.75, 3.05) is 12.8 Å². The highest BCUT2D eigenvalue weighted by Crippen LogP contribution is 2.39. The molecule has 138 valence electrons. The van der Waals surface area contributed by atoms with Crippen LogP contribution < -0.4 is 0 Å². The summed E-state index contributed by atoms with van der Waals surface area (Å²) in [5.74, 6) is 0.